The Morgan fingerprint density at radius 3 is 2.68 bits per heavy atom. The third kappa shape index (κ3) is 2.78. The van der Waals surface area contributed by atoms with Crippen LogP contribution in [-0.2, 0) is 0 Å². The van der Waals surface area contributed by atoms with Crippen LogP contribution in [-0.4, -0.2) is 23.6 Å². The molecule has 0 amide bonds. The van der Waals surface area contributed by atoms with Crippen LogP contribution in [0.5, 0.6) is 0 Å². The number of amidine groups is 1. The number of oxime groups is 1. The minimum absolute atomic E-state index is 0.146. The number of halogens is 1. The topological polar surface area (TPSA) is 61.9 Å². The van der Waals surface area contributed by atoms with Gasteiger partial charge in [-0.05, 0) is 49.8 Å². The van der Waals surface area contributed by atoms with Crippen molar-refractivity contribution in [3.63, 3.8) is 0 Å². The zero-order valence-electron chi connectivity index (χ0n) is 10.7. The Morgan fingerprint density at radius 1 is 1.37 bits per heavy atom. The second-order valence-electron chi connectivity index (χ2n) is 5.47. The fourth-order valence-electron chi connectivity index (χ4n) is 2.42. The van der Waals surface area contributed by atoms with E-state index < -0.39 is 0 Å². The molecule has 0 aliphatic heterocycles. The molecule has 0 saturated heterocycles. The second-order valence-corrected chi connectivity index (χ2v) is 5.91. The van der Waals surface area contributed by atoms with Crippen LogP contribution < -0.4 is 10.6 Å². The summed E-state index contributed by atoms with van der Waals surface area (Å²) in [5.41, 5.74) is 7.54. The van der Waals surface area contributed by atoms with Gasteiger partial charge in [0.25, 0.3) is 0 Å². The van der Waals surface area contributed by atoms with Crippen molar-refractivity contribution in [1.29, 1.82) is 0 Å². The van der Waals surface area contributed by atoms with Crippen LogP contribution >= 0.6 is 11.6 Å². The number of hydrogen-bond acceptors (Lipinski definition) is 3. The van der Waals surface area contributed by atoms with E-state index in [-0.39, 0.29) is 5.84 Å². The monoisotopic (exact) mass is 279 g/mol. The van der Waals surface area contributed by atoms with Gasteiger partial charge in [-0.3, -0.25) is 0 Å². The lowest BCUT2D eigenvalue weighted by molar-refractivity contribution is 0.318. The van der Waals surface area contributed by atoms with E-state index in [2.05, 4.69) is 10.1 Å². The Bertz CT molecular complexity index is 509. The van der Waals surface area contributed by atoms with Gasteiger partial charge in [0.15, 0.2) is 5.84 Å². The molecule has 0 heterocycles. The maximum Gasteiger partial charge on any atom is 0.172 e. The largest absolute Gasteiger partial charge is 0.409 e. The van der Waals surface area contributed by atoms with E-state index in [0.29, 0.717) is 11.1 Å². The van der Waals surface area contributed by atoms with Crippen molar-refractivity contribution in [2.75, 3.05) is 11.4 Å². The van der Waals surface area contributed by atoms with Gasteiger partial charge in [0, 0.05) is 28.9 Å². The first-order valence-electron chi connectivity index (χ1n) is 6.73. The molecule has 0 unspecified atom stereocenters. The number of benzene rings is 1. The van der Waals surface area contributed by atoms with E-state index in [1.54, 1.807) is 6.07 Å². The lowest BCUT2D eigenvalue weighted by Gasteiger charge is -2.27. The van der Waals surface area contributed by atoms with E-state index in [1.807, 2.05) is 12.1 Å². The van der Waals surface area contributed by atoms with Crippen molar-refractivity contribution in [1.82, 2.24) is 0 Å². The number of rotatable bonds is 5. The zero-order chi connectivity index (χ0) is 13.4. The van der Waals surface area contributed by atoms with E-state index >= 15 is 0 Å². The molecule has 2 aliphatic rings. The Morgan fingerprint density at radius 2 is 2.11 bits per heavy atom. The molecule has 2 saturated carbocycles. The highest BCUT2D eigenvalue weighted by molar-refractivity contribution is 6.31. The minimum atomic E-state index is 0.146. The van der Waals surface area contributed by atoms with Crippen molar-refractivity contribution in [3.05, 3.63) is 28.8 Å². The van der Waals surface area contributed by atoms with Crippen molar-refractivity contribution >= 4 is 23.1 Å². The lowest BCUT2D eigenvalue weighted by Crippen LogP contribution is -2.30. The van der Waals surface area contributed by atoms with Gasteiger partial charge in [0.2, 0.25) is 0 Å². The van der Waals surface area contributed by atoms with E-state index in [4.69, 9.17) is 22.5 Å². The highest BCUT2D eigenvalue weighted by Crippen LogP contribution is 2.39. The van der Waals surface area contributed by atoms with Crippen molar-refractivity contribution < 1.29 is 5.21 Å². The fraction of sp³-hybridized carbons (Fsp3) is 0.500. The molecule has 2 fully saturated rings. The van der Waals surface area contributed by atoms with Crippen LogP contribution in [0.25, 0.3) is 0 Å². The van der Waals surface area contributed by atoms with Gasteiger partial charge in [-0.2, -0.15) is 0 Å². The lowest BCUT2D eigenvalue weighted by atomic mass is 10.1. The van der Waals surface area contributed by atoms with Crippen molar-refractivity contribution in [3.8, 4) is 0 Å². The fourth-order valence-corrected chi connectivity index (χ4v) is 2.59. The van der Waals surface area contributed by atoms with Gasteiger partial charge in [0.05, 0.1) is 0 Å². The van der Waals surface area contributed by atoms with Crippen LogP contribution in [0, 0.1) is 5.92 Å². The van der Waals surface area contributed by atoms with Gasteiger partial charge in [-0.25, -0.2) is 0 Å². The summed E-state index contributed by atoms with van der Waals surface area (Å²) in [6.07, 6.45) is 5.05. The van der Waals surface area contributed by atoms with Crippen LogP contribution in [0.1, 0.15) is 31.2 Å². The normalized spacial score (nSPS) is 19.5. The summed E-state index contributed by atoms with van der Waals surface area (Å²) in [5, 5.41) is 12.7. The van der Waals surface area contributed by atoms with E-state index in [0.717, 1.165) is 23.7 Å². The molecule has 102 valence electrons. The summed E-state index contributed by atoms with van der Waals surface area (Å²) in [6, 6.07) is 6.12. The Kier molecular flexibility index (Phi) is 3.27. The predicted molar refractivity (Wildman–Crippen MR) is 77.1 cm³/mol. The zero-order valence-corrected chi connectivity index (χ0v) is 11.5. The van der Waals surface area contributed by atoms with Gasteiger partial charge in [0.1, 0.15) is 0 Å². The molecule has 0 bridgehead atoms. The van der Waals surface area contributed by atoms with Crippen LogP contribution in [0.3, 0.4) is 0 Å². The molecular formula is C14H18ClN3O. The number of nitrogens with two attached hydrogens (primary N) is 1. The summed E-state index contributed by atoms with van der Waals surface area (Å²) < 4.78 is 0. The molecule has 0 aromatic heterocycles. The van der Waals surface area contributed by atoms with Gasteiger partial charge < -0.3 is 15.8 Å². The maximum absolute atomic E-state index is 8.92. The summed E-state index contributed by atoms with van der Waals surface area (Å²) in [4.78, 5) is 2.39. The van der Waals surface area contributed by atoms with Gasteiger partial charge in [-0.1, -0.05) is 16.8 Å². The van der Waals surface area contributed by atoms with E-state index in [1.165, 1.54) is 25.7 Å². The maximum atomic E-state index is 8.92. The molecule has 3 rings (SSSR count). The van der Waals surface area contributed by atoms with Crippen LogP contribution in [0.4, 0.5) is 5.69 Å². The molecule has 4 nitrogen and oxygen atoms in total. The van der Waals surface area contributed by atoms with Crippen LogP contribution in [0.15, 0.2) is 23.4 Å². The predicted octanol–water partition coefficient (Wildman–Crippen LogP) is 2.81. The third-order valence-electron chi connectivity index (χ3n) is 3.79. The molecule has 5 heteroatoms. The average Bonchev–Trinajstić information content (AvgIpc) is 3.27. The summed E-state index contributed by atoms with van der Waals surface area (Å²) >= 11 is 6.12. The van der Waals surface area contributed by atoms with Gasteiger partial charge >= 0.3 is 0 Å². The summed E-state index contributed by atoms with van der Waals surface area (Å²) in [6.45, 7) is 1.05. The molecule has 1 aromatic rings. The first-order chi connectivity index (χ1) is 9.19. The first kappa shape index (κ1) is 12.6. The Hall–Kier alpha value is -1.42. The molecular weight excluding hydrogens is 262 g/mol. The molecule has 1 aromatic carbocycles. The first-order valence-corrected chi connectivity index (χ1v) is 7.11. The van der Waals surface area contributed by atoms with Crippen LogP contribution in [0.2, 0.25) is 5.02 Å². The third-order valence-corrected chi connectivity index (χ3v) is 4.03. The Labute approximate surface area is 117 Å². The molecule has 2 aliphatic carbocycles. The quantitative estimate of drug-likeness (QED) is 0.377. The van der Waals surface area contributed by atoms with E-state index in [9.17, 15) is 0 Å². The molecule has 0 radical (unpaired) electrons. The average molecular weight is 280 g/mol. The second kappa shape index (κ2) is 4.93. The van der Waals surface area contributed by atoms with Crippen molar-refractivity contribution in [2.45, 2.75) is 31.7 Å². The summed E-state index contributed by atoms with van der Waals surface area (Å²) in [7, 11) is 0. The van der Waals surface area contributed by atoms with Gasteiger partial charge in [-0.15, -0.1) is 0 Å². The number of anilines is 1. The van der Waals surface area contributed by atoms with Crippen molar-refractivity contribution in [2.24, 2.45) is 16.8 Å². The minimum Gasteiger partial charge on any atom is -0.409 e. The molecule has 3 N–H and O–H groups in total. The highest BCUT2D eigenvalue weighted by Gasteiger charge is 2.35. The standard InChI is InChI=1S/C14H18ClN3O/c15-10-3-6-12(14(16)17-19)13(7-10)18(11-4-5-11)8-9-1-2-9/h3,6-7,9,11,19H,1-2,4-5,8H2,(H2,16,17). The smallest absolute Gasteiger partial charge is 0.172 e. The molecule has 19 heavy (non-hydrogen) atoms. The summed E-state index contributed by atoms with van der Waals surface area (Å²) in [5.74, 6) is 0.938. The SMILES string of the molecule is NC(=NO)c1ccc(Cl)cc1N(CC1CC1)C1CC1. The Balaban J connectivity index is 1.97. The molecule has 0 atom stereocenters. The number of nitrogens with zero attached hydrogens (tertiary/aromatic N) is 2. The molecule has 0 spiro atoms. The highest BCUT2D eigenvalue weighted by atomic mass is 35.5. The number of hydrogen-bond donors (Lipinski definition) is 2.